The van der Waals surface area contributed by atoms with Crippen LogP contribution in [0.3, 0.4) is 0 Å². The van der Waals surface area contributed by atoms with E-state index in [1.165, 1.54) is 12.1 Å². The van der Waals surface area contributed by atoms with Crippen LogP contribution in [0.25, 0.3) is 6.08 Å². The van der Waals surface area contributed by atoms with Crippen molar-refractivity contribution >= 4 is 28.7 Å². The third kappa shape index (κ3) is 5.89. The molecule has 1 nitrogen and oxygen atoms in total. The molecule has 0 aromatic heterocycles. The second-order valence-electron chi connectivity index (χ2n) is 3.07. The van der Waals surface area contributed by atoms with Gasteiger partial charge in [-0.05, 0) is 24.1 Å². The van der Waals surface area contributed by atoms with Gasteiger partial charge in [0, 0.05) is 11.0 Å². The second kappa shape index (κ2) is 7.82. The SMILES string of the molecule is Fc1ccc(C=CCOCCCI)cc1. The summed E-state index contributed by atoms with van der Waals surface area (Å²) in [5, 5.41) is 0. The summed E-state index contributed by atoms with van der Waals surface area (Å²) in [4.78, 5) is 0. The number of hydrogen-bond donors (Lipinski definition) is 0. The minimum absolute atomic E-state index is 0.203. The summed E-state index contributed by atoms with van der Waals surface area (Å²) in [6, 6.07) is 6.40. The number of alkyl halides is 1. The van der Waals surface area contributed by atoms with Gasteiger partial charge in [0.25, 0.3) is 0 Å². The second-order valence-corrected chi connectivity index (χ2v) is 4.15. The van der Waals surface area contributed by atoms with Gasteiger partial charge in [-0.3, -0.25) is 0 Å². The molecule has 0 spiro atoms. The number of rotatable bonds is 6. The van der Waals surface area contributed by atoms with Crippen LogP contribution in [-0.4, -0.2) is 17.6 Å². The molecule has 1 rings (SSSR count). The van der Waals surface area contributed by atoms with Crippen molar-refractivity contribution in [1.82, 2.24) is 0 Å². The summed E-state index contributed by atoms with van der Waals surface area (Å²) >= 11 is 2.33. The Kier molecular flexibility index (Phi) is 6.59. The van der Waals surface area contributed by atoms with Crippen LogP contribution in [-0.2, 0) is 4.74 Å². The van der Waals surface area contributed by atoms with Gasteiger partial charge in [0.2, 0.25) is 0 Å². The van der Waals surface area contributed by atoms with Crippen LogP contribution >= 0.6 is 22.6 Å². The Labute approximate surface area is 103 Å². The molecule has 0 saturated carbocycles. The molecule has 3 heteroatoms. The topological polar surface area (TPSA) is 9.23 Å². The molecule has 0 bridgehead atoms. The average Bonchev–Trinajstić information content (AvgIpc) is 2.26. The highest BCUT2D eigenvalue weighted by Crippen LogP contribution is 2.04. The molecule has 82 valence electrons. The Morgan fingerprint density at radius 2 is 2.00 bits per heavy atom. The first-order chi connectivity index (χ1) is 7.33. The van der Waals surface area contributed by atoms with E-state index < -0.39 is 0 Å². The van der Waals surface area contributed by atoms with Crippen LogP contribution in [0.5, 0.6) is 0 Å². The average molecular weight is 320 g/mol. The summed E-state index contributed by atoms with van der Waals surface area (Å²) in [5.41, 5.74) is 0.994. The maximum Gasteiger partial charge on any atom is 0.123 e. The maximum absolute atomic E-state index is 12.6. The predicted molar refractivity (Wildman–Crippen MR) is 69.8 cm³/mol. The number of ether oxygens (including phenoxy) is 1. The first kappa shape index (κ1) is 12.6. The summed E-state index contributed by atoms with van der Waals surface area (Å²) in [7, 11) is 0. The molecular formula is C12H14FIO. The molecule has 0 radical (unpaired) electrons. The van der Waals surface area contributed by atoms with E-state index in [9.17, 15) is 4.39 Å². The van der Waals surface area contributed by atoms with E-state index in [4.69, 9.17) is 4.74 Å². The van der Waals surface area contributed by atoms with E-state index in [-0.39, 0.29) is 5.82 Å². The number of hydrogen-bond acceptors (Lipinski definition) is 1. The highest BCUT2D eigenvalue weighted by Gasteiger charge is 1.88. The minimum Gasteiger partial charge on any atom is -0.377 e. The molecule has 0 fully saturated rings. The van der Waals surface area contributed by atoms with Crippen molar-refractivity contribution in [2.75, 3.05) is 17.6 Å². The van der Waals surface area contributed by atoms with Gasteiger partial charge in [0.15, 0.2) is 0 Å². The fraction of sp³-hybridized carbons (Fsp3) is 0.333. The zero-order valence-corrected chi connectivity index (χ0v) is 10.6. The molecule has 0 saturated heterocycles. The summed E-state index contributed by atoms with van der Waals surface area (Å²) in [6.07, 6.45) is 4.97. The van der Waals surface area contributed by atoms with Gasteiger partial charge in [-0.1, -0.05) is 46.9 Å². The van der Waals surface area contributed by atoms with Crippen molar-refractivity contribution in [3.63, 3.8) is 0 Å². The Hall–Kier alpha value is -0.420. The van der Waals surface area contributed by atoms with E-state index in [0.29, 0.717) is 6.61 Å². The van der Waals surface area contributed by atoms with Gasteiger partial charge in [-0.15, -0.1) is 0 Å². The molecule has 0 amide bonds. The lowest BCUT2D eigenvalue weighted by atomic mass is 10.2. The zero-order chi connectivity index (χ0) is 10.9. The van der Waals surface area contributed by atoms with Crippen LogP contribution in [0.15, 0.2) is 30.3 Å². The van der Waals surface area contributed by atoms with Crippen molar-refractivity contribution in [3.8, 4) is 0 Å². The lowest BCUT2D eigenvalue weighted by Gasteiger charge is -1.97. The summed E-state index contributed by atoms with van der Waals surface area (Å²) in [6.45, 7) is 1.42. The third-order valence-corrected chi connectivity index (χ3v) is 2.58. The molecular weight excluding hydrogens is 306 g/mol. The largest absolute Gasteiger partial charge is 0.377 e. The summed E-state index contributed by atoms with van der Waals surface area (Å²) < 4.78 is 19.0. The normalized spacial score (nSPS) is 11.1. The molecule has 0 N–H and O–H groups in total. The standard InChI is InChI=1S/C12H14FIO/c13-12-6-4-11(5-7-12)3-1-9-15-10-2-8-14/h1,3-7H,2,8-10H2. The van der Waals surface area contributed by atoms with Gasteiger partial charge in [-0.25, -0.2) is 4.39 Å². The van der Waals surface area contributed by atoms with Crippen molar-refractivity contribution in [1.29, 1.82) is 0 Å². The third-order valence-electron chi connectivity index (χ3n) is 1.82. The monoisotopic (exact) mass is 320 g/mol. The fourth-order valence-corrected chi connectivity index (χ4v) is 1.38. The molecule has 1 aromatic rings. The van der Waals surface area contributed by atoms with Crippen LogP contribution < -0.4 is 0 Å². The van der Waals surface area contributed by atoms with E-state index in [0.717, 1.165) is 23.0 Å². The van der Waals surface area contributed by atoms with E-state index in [1.807, 2.05) is 12.2 Å². The van der Waals surface area contributed by atoms with Gasteiger partial charge < -0.3 is 4.74 Å². The Bertz CT molecular complexity index is 295. The van der Waals surface area contributed by atoms with Gasteiger partial charge in [-0.2, -0.15) is 0 Å². The van der Waals surface area contributed by atoms with Crippen LogP contribution in [0.1, 0.15) is 12.0 Å². The Balaban J connectivity index is 2.23. The fourth-order valence-electron chi connectivity index (χ4n) is 1.07. The van der Waals surface area contributed by atoms with Crippen LogP contribution in [0.4, 0.5) is 4.39 Å². The number of benzene rings is 1. The quantitative estimate of drug-likeness (QED) is 0.441. The molecule has 15 heavy (non-hydrogen) atoms. The highest BCUT2D eigenvalue weighted by atomic mass is 127. The van der Waals surface area contributed by atoms with Crippen molar-refractivity contribution < 1.29 is 9.13 Å². The lowest BCUT2D eigenvalue weighted by molar-refractivity contribution is 0.164. The molecule has 0 atom stereocenters. The zero-order valence-electron chi connectivity index (χ0n) is 8.46. The maximum atomic E-state index is 12.6. The molecule has 0 aliphatic heterocycles. The predicted octanol–water partition coefficient (Wildman–Crippen LogP) is 3.68. The van der Waals surface area contributed by atoms with Gasteiger partial charge >= 0.3 is 0 Å². The van der Waals surface area contributed by atoms with Crippen molar-refractivity contribution in [2.45, 2.75) is 6.42 Å². The van der Waals surface area contributed by atoms with Crippen LogP contribution in [0, 0.1) is 5.82 Å². The molecule has 0 aliphatic rings. The first-order valence-electron chi connectivity index (χ1n) is 4.89. The van der Waals surface area contributed by atoms with E-state index in [1.54, 1.807) is 12.1 Å². The summed E-state index contributed by atoms with van der Waals surface area (Å²) in [5.74, 6) is -0.203. The van der Waals surface area contributed by atoms with Gasteiger partial charge in [0.1, 0.15) is 5.82 Å². The molecule has 0 heterocycles. The smallest absolute Gasteiger partial charge is 0.123 e. The number of halogens is 2. The Morgan fingerprint density at radius 1 is 1.27 bits per heavy atom. The van der Waals surface area contributed by atoms with Gasteiger partial charge in [0.05, 0.1) is 6.61 Å². The lowest BCUT2D eigenvalue weighted by Crippen LogP contribution is -1.94. The van der Waals surface area contributed by atoms with Crippen molar-refractivity contribution in [2.24, 2.45) is 0 Å². The highest BCUT2D eigenvalue weighted by molar-refractivity contribution is 14.1. The Morgan fingerprint density at radius 3 is 2.67 bits per heavy atom. The molecule has 0 aliphatic carbocycles. The first-order valence-corrected chi connectivity index (χ1v) is 6.41. The van der Waals surface area contributed by atoms with E-state index >= 15 is 0 Å². The molecule has 0 unspecified atom stereocenters. The van der Waals surface area contributed by atoms with Crippen LogP contribution in [0.2, 0.25) is 0 Å². The van der Waals surface area contributed by atoms with E-state index in [2.05, 4.69) is 22.6 Å². The molecule has 1 aromatic carbocycles. The minimum atomic E-state index is -0.203. The van der Waals surface area contributed by atoms with Crippen molar-refractivity contribution in [3.05, 3.63) is 41.7 Å².